The Morgan fingerprint density at radius 1 is 0.257 bits per heavy atom. The molecule has 3 N–H and O–H groups in total. The van der Waals surface area contributed by atoms with E-state index in [0.29, 0.717) is 25.7 Å². The summed E-state index contributed by atoms with van der Waals surface area (Å²) in [7, 11) is -9.93. The van der Waals surface area contributed by atoms with Crippen molar-refractivity contribution in [3.63, 3.8) is 0 Å². The zero-order valence-corrected chi connectivity index (χ0v) is 70.8. The van der Waals surface area contributed by atoms with Crippen molar-refractivity contribution in [3.8, 4) is 0 Å². The molecular weight excluding hydrogens is 1370 g/mol. The lowest BCUT2D eigenvalue weighted by Crippen LogP contribution is -2.30. The Bertz CT molecular complexity index is 2010. The van der Waals surface area contributed by atoms with E-state index in [0.717, 1.165) is 102 Å². The van der Waals surface area contributed by atoms with Gasteiger partial charge in [-0.05, 0) is 37.5 Å². The number of phosphoric acid groups is 2. The molecule has 0 spiro atoms. The predicted octanol–water partition coefficient (Wildman–Crippen LogP) is 26.2. The fraction of sp³-hybridized carbons (Fsp3) is 0.953. The number of unbranched alkanes of at least 4 members (excludes halogenated alkanes) is 55. The summed E-state index contributed by atoms with van der Waals surface area (Å²) in [5, 5.41) is 10.7. The first kappa shape index (κ1) is 103. The fourth-order valence-corrected chi connectivity index (χ4v) is 15.0. The highest BCUT2D eigenvalue weighted by atomic mass is 31.2. The Hall–Kier alpha value is -1.94. The summed E-state index contributed by atoms with van der Waals surface area (Å²) >= 11 is 0. The first-order chi connectivity index (χ1) is 50.9. The Balaban J connectivity index is 5.24. The third-order valence-corrected chi connectivity index (χ3v) is 22.1. The van der Waals surface area contributed by atoms with Gasteiger partial charge < -0.3 is 33.8 Å². The van der Waals surface area contributed by atoms with Crippen LogP contribution in [0.15, 0.2) is 0 Å². The van der Waals surface area contributed by atoms with Gasteiger partial charge >= 0.3 is 39.5 Å². The minimum absolute atomic E-state index is 0.108. The number of hydrogen-bond acceptors (Lipinski definition) is 15. The zero-order chi connectivity index (χ0) is 77.1. The quantitative estimate of drug-likeness (QED) is 0.0222. The first-order valence-electron chi connectivity index (χ1n) is 44.5. The van der Waals surface area contributed by atoms with Gasteiger partial charge in [0.2, 0.25) is 0 Å². The number of esters is 4. The summed E-state index contributed by atoms with van der Waals surface area (Å²) in [6.07, 6.45) is 69.4. The molecule has 19 heteroatoms. The van der Waals surface area contributed by atoms with E-state index in [1.54, 1.807) is 0 Å². The number of hydrogen-bond donors (Lipinski definition) is 3. The second kappa shape index (κ2) is 77.4. The molecule has 0 fully saturated rings. The molecule has 624 valence electrons. The highest BCUT2D eigenvalue weighted by Gasteiger charge is 2.30. The largest absolute Gasteiger partial charge is 0.472 e. The first-order valence-corrected chi connectivity index (χ1v) is 47.5. The molecule has 0 aliphatic heterocycles. The van der Waals surface area contributed by atoms with Crippen molar-refractivity contribution >= 4 is 39.5 Å². The number of aliphatic hydroxyl groups is 1. The van der Waals surface area contributed by atoms with Crippen LogP contribution < -0.4 is 0 Å². The molecule has 0 saturated heterocycles. The Kier molecular flexibility index (Phi) is 76.0. The summed E-state index contributed by atoms with van der Waals surface area (Å²) in [6.45, 7) is 9.69. The number of carbonyl (C=O) groups is 4. The molecule has 105 heavy (non-hydrogen) atoms. The molecule has 0 radical (unpaired) electrons. The Morgan fingerprint density at radius 2 is 0.438 bits per heavy atom. The van der Waals surface area contributed by atoms with Crippen LogP contribution in [0.4, 0.5) is 0 Å². The smallest absolute Gasteiger partial charge is 0.462 e. The van der Waals surface area contributed by atoms with Gasteiger partial charge in [0.1, 0.15) is 19.3 Å². The van der Waals surface area contributed by atoms with E-state index in [-0.39, 0.29) is 25.7 Å². The van der Waals surface area contributed by atoms with Gasteiger partial charge in [0.15, 0.2) is 12.2 Å². The lowest BCUT2D eigenvalue weighted by molar-refractivity contribution is -0.161. The maximum atomic E-state index is 13.2. The maximum absolute atomic E-state index is 13.2. The van der Waals surface area contributed by atoms with Crippen molar-refractivity contribution in [2.45, 2.75) is 477 Å². The second-order valence-electron chi connectivity index (χ2n) is 31.9. The molecule has 0 aromatic rings. The Morgan fingerprint density at radius 3 is 0.648 bits per heavy atom. The van der Waals surface area contributed by atoms with Crippen molar-refractivity contribution in [3.05, 3.63) is 0 Å². The standard InChI is InChI=1S/C86H168O17P2/c1-7-9-11-13-15-17-19-21-23-24-25-26-27-32-36-40-46-53-59-65-71-86(91)102-81(74-96-83(88)68-62-56-50-44-38-35-31-29-28-30-33-37-42-48-54-60-66-78(3)4)76-100-104(92,93)98-72-80(87)73-99-105(94,95)101-77-82(75-97-84(89)69-63-57-51-47-41-43-49-55-61-67-79(5)6)103-85(90)70-64-58-52-45-39-34-22-20-18-16-14-12-10-8-2/h78-82,87H,7-77H2,1-6H3,(H,92,93)(H,94,95)/t80-,81-,82-/m1/s1. The Labute approximate surface area is 645 Å². The molecule has 0 bridgehead atoms. The summed E-state index contributed by atoms with van der Waals surface area (Å²) < 4.78 is 68.9. The fourth-order valence-electron chi connectivity index (χ4n) is 13.4. The summed E-state index contributed by atoms with van der Waals surface area (Å²) in [4.78, 5) is 73.2. The SMILES string of the molecule is CCCCCCCCCCCCCCCCCCCCCCC(=O)O[C@H](COC(=O)CCCCCCCCCCCCCCCCCCC(C)C)COP(=O)(O)OC[C@@H](O)COP(=O)(O)OC[C@@H](COC(=O)CCCCCCCCCCCC(C)C)OC(=O)CCCCCCCCCCCCCCCC. The van der Waals surface area contributed by atoms with Gasteiger partial charge in [-0.25, -0.2) is 9.13 Å². The number of rotatable bonds is 85. The lowest BCUT2D eigenvalue weighted by atomic mass is 10.0. The van der Waals surface area contributed by atoms with Gasteiger partial charge in [-0.2, -0.15) is 0 Å². The van der Waals surface area contributed by atoms with Crippen LogP contribution in [0.25, 0.3) is 0 Å². The number of aliphatic hydroxyl groups excluding tert-OH is 1. The van der Waals surface area contributed by atoms with Crippen LogP contribution in [0.2, 0.25) is 0 Å². The summed E-state index contributed by atoms with van der Waals surface area (Å²) in [5.74, 6) is -0.544. The maximum Gasteiger partial charge on any atom is 0.472 e. The zero-order valence-electron chi connectivity index (χ0n) is 69.0. The third kappa shape index (κ3) is 79.9. The van der Waals surface area contributed by atoms with Crippen LogP contribution >= 0.6 is 15.6 Å². The molecule has 0 aromatic carbocycles. The van der Waals surface area contributed by atoms with Crippen LogP contribution in [0.5, 0.6) is 0 Å². The van der Waals surface area contributed by atoms with Crippen LogP contribution in [0.3, 0.4) is 0 Å². The molecule has 17 nitrogen and oxygen atoms in total. The van der Waals surface area contributed by atoms with Crippen molar-refractivity contribution < 1.29 is 80.2 Å². The van der Waals surface area contributed by atoms with Crippen LogP contribution in [0.1, 0.15) is 459 Å². The van der Waals surface area contributed by atoms with E-state index in [2.05, 4.69) is 41.5 Å². The van der Waals surface area contributed by atoms with Crippen molar-refractivity contribution in [2.75, 3.05) is 39.6 Å². The monoisotopic (exact) mass is 1540 g/mol. The number of ether oxygens (including phenoxy) is 4. The number of phosphoric ester groups is 2. The summed E-state index contributed by atoms with van der Waals surface area (Å²) in [6, 6.07) is 0. The van der Waals surface area contributed by atoms with Gasteiger partial charge in [0.25, 0.3) is 0 Å². The van der Waals surface area contributed by atoms with E-state index < -0.39 is 97.5 Å². The highest BCUT2D eigenvalue weighted by molar-refractivity contribution is 7.47. The molecule has 0 heterocycles. The highest BCUT2D eigenvalue weighted by Crippen LogP contribution is 2.45. The van der Waals surface area contributed by atoms with Crippen molar-refractivity contribution in [1.29, 1.82) is 0 Å². The molecule has 0 aliphatic carbocycles. The topological polar surface area (TPSA) is 237 Å². The molecule has 2 unspecified atom stereocenters. The van der Waals surface area contributed by atoms with Crippen LogP contribution in [-0.4, -0.2) is 96.7 Å². The molecule has 0 saturated carbocycles. The predicted molar refractivity (Wildman–Crippen MR) is 432 cm³/mol. The average molecular weight is 1540 g/mol. The number of carbonyl (C=O) groups excluding carboxylic acids is 4. The third-order valence-electron chi connectivity index (χ3n) is 20.2. The molecule has 0 rings (SSSR count). The summed E-state index contributed by atoms with van der Waals surface area (Å²) in [5.41, 5.74) is 0. The van der Waals surface area contributed by atoms with Gasteiger partial charge in [0, 0.05) is 25.7 Å². The molecular formula is C86H168O17P2. The molecule has 0 amide bonds. The molecule has 5 atom stereocenters. The van der Waals surface area contributed by atoms with Gasteiger partial charge in [-0.1, -0.05) is 408 Å². The average Bonchev–Trinajstić information content (AvgIpc) is 0.905. The minimum atomic E-state index is -4.97. The minimum Gasteiger partial charge on any atom is -0.462 e. The normalized spacial score (nSPS) is 13.8. The molecule has 0 aromatic heterocycles. The van der Waals surface area contributed by atoms with Crippen LogP contribution in [-0.2, 0) is 65.4 Å². The van der Waals surface area contributed by atoms with E-state index in [9.17, 15) is 43.2 Å². The van der Waals surface area contributed by atoms with Gasteiger partial charge in [-0.15, -0.1) is 0 Å². The van der Waals surface area contributed by atoms with Crippen LogP contribution in [0, 0.1) is 11.8 Å². The van der Waals surface area contributed by atoms with Gasteiger partial charge in [0.05, 0.1) is 26.4 Å². The second-order valence-corrected chi connectivity index (χ2v) is 34.8. The molecule has 0 aliphatic rings. The van der Waals surface area contributed by atoms with E-state index >= 15 is 0 Å². The van der Waals surface area contributed by atoms with Gasteiger partial charge in [-0.3, -0.25) is 37.3 Å². The lowest BCUT2D eigenvalue weighted by Gasteiger charge is -2.21. The van der Waals surface area contributed by atoms with E-state index in [1.165, 1.54) is 276 Å². The van der Waals surface area contributed by atoms with Crippen molar-refractivity contribution in [2.24, 2.45) is 11.8 Å². The van der Waals surface area contributed by atoms with E-state index in [4.69, 9.17) is 37.0 Å². The van der Waals surface area contributed by atoms with E-state index in [1.807, 2.05) is 0 Å². The van der Waals surface area contributed by atoms with Crippen molar-refractivity contribution in [1.82, 2.24) is 0 Å².